The molecule has 33 nitrogen and oxygen atoms in total. The van der Waals surface area contributed by atoms with Gasteiger partial charge in [-0.2, -0.15) is 17.8 Å². The predicted octanol–water partition coefficient (Wildman–Crippen LogP) is 18.0. The van der Waals surface area contributed by atoms with Crippen molar-refractivity contribution in [3.8, 4) is 45.0 Å². The van der Waals surface area contributed by atoms with Gasteiger partial charge in [0.1, 0.15) is 90.7 Å². The first-order valence-electron chi connectivity index (χ1n) is 43.9. The fourth-order valence-electron chi connectivity index (χ4n) is 14.0. The summed E-state index contributed by atoms with van der Waals surface area (Å²) in [5, 5.41) is 20.4. The van der Waals surface area contributed by atoms with Gasteiger partial charge in [0.2, 0.25) is 10.0 Å². The molecule has 15 rings (SSSR count). The number of esters is 3. The number of carboxylic acid groups (broad SMARTS) is 1. The molecule has 3 saturated heterocycles. The third-order valence-electron chi connectivity index (χ3n) is 21.9. The number of hydrogen-bond donors (Lipinski definition) is 6. The number of aromatic nitrogens is 8. The number of rotatable bonds is 18. The molecule has 0 spiro atoms. The highest BCUT2D eigenvalue weighted by Crippen LogP contribution is 2.41. The molecule has 0 unspecified atom stereocenters. The first kappa shape index (κ1) is 111. The molecule has 9 heterocycles. The van der Waals surface area contributed by atoms with Crippen LogP contribution in [0.5, 0.6) is 0 Å². The Labute approximate surface area is 824 Å². The van der Waals surface area contributed by atoms with E-state index in [-0.39, 0.29) is 101 Å². The number of hydrogen-bond acceptors (Lipinski definition) is 30. The van der Waals surface area contributed by atoms with Crippen molar-refractivity contribution >= 4 is 117 Å². The summed E-state index contributed by atoms with van der Waals surface area (Å²) >= 11 is 9.09. The molecule has 10 aromatic rings. The first-order chi connectivity index (χ1) is 64.9. The summed E-state index contributed by atoms with van der Waals surface area (Å²) in [4.78, 5) is 91.4. The molecule has 11 N–H and O–H groups in total. The summed E-state index contributed by atoms with van der Waals surface area (Å²) in [6, 6.07) is 27.7. The Hall–Kier alpha value is -11.9. The van der Waals surface area contributed by atoms with Crippen LogP contribution in [-0.2, 0) is 52.5 Å². The molecule has 6 aromatic carbocycles. The Bertz CT molecular complexity index is 6250. The van der Waals surface area contributed by atoms with Gasteiger partial charge in [-0.05, 0) is 228 Å². The lowest BCUT2D eigenvalue weighted by Crippen LogP contribution is -2.41. The summed E-state index contributed by atoms with van der Waals surface area (Å²) in [7, 11) is -2.90. The Morgan fingerprint density at radius 3 is 1.34 bits per heavy atom. The molecule has 5 aliphatic heterocycles. The van der Waals surface area contributed by atoms with Gasteiger partial charge < -0.3 is 76.2 Å². The number of para-hydroxylation sites is 1. The van der Waals surface area contributed by atoms with Crippen molar-refractivity contribution in [3.05, 3.63) is 252 Å². The van der Waals surface area contributed by atoms with Crippen molar-refractivity contribution in [2.45, 2.75) is 179 Å². The number of anilines is 4. The lowest BCUT2D eigenvalue weighted by molar-refractivity contribution is -0.387. The van der Waals surface area contributed by atoms with Gasteiger partial charge >= 0.3 is 31.0 Å². The minimum absolute atomic E-state index is 0. The van der Waals surface area contributed by atoms with E-state index in [4.69, 9.17) is 87.8 Å². The predicted molar refractivity (Wildman–Crippen MR) is 528 cm³/mol. The van der Waals surface area contributed by atoms with E-state index in [0.717, 1.165) is 78.5 Å². The minimum atomic E-state index is -4.05. The molecule has 0 bridgehead atoms. The van der Waals surface area contributed by atoms with Gasteiger partial charge in [0.15, 0.2) is 4.90 Å². The Morgan fingerprint density at radius 1 is 0.554 bits per heavy atom. The molecule has 0 radical (unpaired) electrons. The number of nitrogens with two attached hydrogens (primary N) is 5. The standard InChI is InChI=1S/C20H24FN3O3.C20H22FN3O3.C16H16FN3O3.C15H15BrFN3O2.C15H16ClN3O4S.C11H19BO3.H2S/c2*1-20(2,3)27-19(25)14-5-4-13(10-15(14)21)17-18(22)23-11-16(24-17)12-6-8-26-9-7-12;17-12-7-10(1-2-11(12)16(21)22)14-15(18)19-8-13(20-14)9-3-5-23-6-4-9;1-15(2,3)22-14(21)9-5-4-8(6-10(9)17)12-13(18)19-7-11(16)20-12;1-18(10-13(17)11-5-4-6-12(16)9-11)24(22,23)15-8-3-2-7-14(15)19(20)21;1-10(2)11(3,4)15-12(14-10)9-5-7-13-8-6-9;/h4-5,10-12H,6-9H2,1-3H3,(H2,22,23);4-6,10-11H,7-9H2,1-3H3,(H2,22,23);1-2,7-9H,3-6H2,(H2,18,19)(H,21,22);4-7H,1-3H3,(H2,18,19);2-9,13H,10,17H2,1H3;5H,6-8H2,1-4H3;1H2/t;;;;13-;;/m....1../s1. The largest absolute Gasteiger partial charge is 0.490 e. The maximum absolute atomic E-state index is 14.5. The number of likely N-dealkylation sites (N-methyl/N-ethyl adjacent to an activating group) is 1. The highest BCUT2D eigenvalue weighted by Gasteiger charge is 2.52. The van der Waals surface area contributed by atoms with Crippen molar-refractivity contribution in [3.63, 3.8) is 0 Å². The first-order valence-corrected chi connectivity index (χ1v) is 46.5. The molecule has 0 amide bonds. The zero-order valence-electron chi connectivity index (χ0n) is 79.3. The average molecular weight is 2040 g/mol. The van der Waals surface area contributed by atoms with Crippen LogP contribution in [0, 0.1) is 33.4 Å². The molecular weight excluding hydrogens is 1930 g/mol. The fraction of sp³-hybridized carbons (Fsp3) is 0.381. The van der Waals surface area contributed by atoms with Crippen LogP contribution in [0.4, 0.5) is 46.5 Å². The summed E-state index contributed by atoms with van der Waals surface area (Å²) in [6.07, 6.45) is 15.4. The van der Waals surface area contributed by atoms with Crippen LogP contribution in [0.1, 0.15) is 210 Å². The van der Waals surface area contributed by atoms with Crippen LogP contribution in [0.15, 0.2) is 173 Å². The number of carbonyl (C=O) groups excluding carboxylic acids is 3. The van der Waals surface area contributed by atoms with Crippen molar-refractivity contribution in [1.82, 2.24) is 44.2 Å². The third kappa shape index (κ3) is 30.8. The molecule has 3 fully saturated rings. The molecule has 4 aromatic heterocycles. The quantitative estimate of drug-likeness (QED) is 0.0116. The maximum atomic E-state index is 14.5. The van der Waals surface area contributed by atoms with E-state index in [9.17, 15) is 55.3 Å². The van der Waals surface area contributed by atoms with Crippen LogP contribution in [0.25, 0.3) is 50.6 Å². The van der Waals surface area contributed by atoms with Crippen molar-refractivity contribution in [2.75, 3.05) is 89.4 Å². The van der Waals surface area contributed by atoms with E-state index in [1.54, 1.807) is 123 Å². The van der Waals surface area contributed by atoms with Crippen LogP contribution in [-0.4, -0.2) is 188 Å². The number of benzene rings is 6. The van der Waals surface area contributed by atoms with Crippen molar-refractivity contribution < 1.29 is 97.7 Å². The van der Waals surface area contributed by atoms with Crippen molar-refractivity contribution in [1.29, 1.82) is 0 Å². The zero-order valence-corrected chi connectivity index (χ0v) is 83.5. The summed E-state index contributed by atoms with van der Waals surface area (Å²) in [5.41, 5.74) is 34.2. The van der Waals surface area contributed by atoms with Gasteiger partial charge in [-0.1, -0.05) is 72.3 Å². The zero-order chi connectivity index (χ0) is 101. The lowest BCUT2D eigenvalue weighted by atomic mass is 9.75. The van der Waals surface area contributed by atoms with Gasteiger partial charge in [0.25, 0.3) is 5.69 Å². The number of carboxylic acids is 1. The Morgan fingerprint density at radius 2 is 0.950 bits per heavy atom. The van der Waals surface area contributed by atoms with Crippen LogP contribution < -0.4 is 28.7 Å². The van der Waals surface area contributed by atoms with Gasteiger partial charge in [0.05, 0.1) is 107 Å². The second kappa shape index (κ2) is 48.3. The van der Waals surface area contributed by atoms with Crippen LogP contribution in [0.3, 0.4) is 0 Å². The number of nitro benzene ring substituents is 1. The number of nitrogen functional groups attached to an aromatic ring is 4. The minimum Gasteiger partial charge on any atom is -0.478 e. The molecule has 42 heteroatoms. The third-order valence-corrected chi connectivity index (χ3v) is 24.4. The van der Waals surface area contributed by atoms with Gasteiger partial charge in [-0.15, -0.1) is 0 Å². The van der Waals surface area contributed by atoms with Gasteiger partial charge in [-0.25, -0.2) is 85.0 Å². The molecule has 139 heavy (non-hydrogen) atoms. The van der Waals surface area contributed by atoms with E-state index in [0.29, 0.717) is 112 Å². The highest BCUT2D eigenvalue weighted by molar-refractivity contribution is 9.10. The van der Waals surface area contributed by atoms with Gasteiger partial charge in [0, 0.05) is 91.2 Å². The normalized spacial score (nSPS) is 15.6. The monoisotopic (exact) mass is 2040 g/mol. The summed E-state index contributed by atoms with van der Waals surface area (Å²) in [5.74, 6) is -5.11. The smallest absolute Gasteiger partial charge is 0.478 e. The van der Waals surface area contributed by atoms with E-state index in [1.807, 2.05) is 6.08 Å². The average Bonchev–Trinajstić information content (AvgIpc) is 1.59. The second-order valence-corrected chi connectivity index (χ2v) is 39.5. The Kier molecular flexibility index (Phi) is 38.5. The summed E-state index contributed by atoms with van der Waals surface area (Å²) < 4.78 is 133. The lowest BCUT2D eigenvalue weighted by Gasteiger charge is -2.32. The number of carbonyl (C=O) groups is 4. The SMILES string of the molecule is CC(C)(C)OC(=O)c1ccc(-c2nc(Br)cnc2N)cc1F.CC(C)(C)OC(=O)c1ccc(-c2nc(C3=CCOCC3)cnc2N)cc1F.CC(C)(C)OC(=O)c1ccc(-c2nc(C3CCOCC3)cnc2N)cc1F.CC1(C)OB(C2=CCOCC2)OC1(C)C.CN(C[C@@H](N)c1cccc(Cl)c1)S(=O)(=O)c1ccccc1[N+](=O)[O-].Nc1ncc(C2CCOCC2)nc1-c1ccc(C(=O)O)c(F)c1.S. The van der Waals surface area contributed by atoms with Crippen molar-refractivity contribution in [2.24, 2.45) is 5.73 Å². The van der Waals surface area contributed by atoms with E-state index in [2.05, 4.69) is 89.6 Å². The number of halogens is 6. The second-order valence-electron chi connectivity index (χ2n) is 36.3. The summed E-state index contributed by atoms with van der Waals surface area (Å²) in [6.45, 7) is 29.1. The molecule has 0 saturated carbocycles. The number of nitrogens with zero attached hydrogens (tertiary/aromatic N) is 10. The topological polar surface area (TPSA) is 485 Å². The van der Waals surface area contributed by atoms with E-state index < -0.39 is 90.6 Å². The fourth-order valence-corrected chi connectivity index (χ4v) is 15.9. The highest BCUT2D eigenvalue weighted by atomic mass is 79.9. The van der Waals surface area contributed by atoms with E-state index in [1.165, 1.54) is 85.4 Å². The van der Waals surface area contributed by atoms with E-state index >= 15 is 0 Å². The molecule has 1 atom stereocenters. The van der Waals surface area contributed by atoms with Gasteiger partial charge in [-0.3, -0.25) is 10.1 Å². The maximum Gasteiger partial charge on any atom is 0.490 e. The van der Waals surface area contributed by atoms with Crippen LogP contribution >= 0.6 is 41.0 Å². The molecule has 742 valence electrons. The molecule has 0 aliphatic carbocycles. The number of sulfonamides is 1. The molecule has 5 aliphatic rings. The Balaban J connectivity index is 0.000000188. The molecular formula is C97H114BBrClF4N15O18S2. The number of ether oxygens (including phenoxy) is 7. The van der Waals surface area contributed by atoms with Crippen LogP contribution in [0.2, 0.25) is 5.02 Å². The number of nitro groups is 1. The number of aromatic carboxylic acids is 1.